The molecule has 0 saturated heterocycles. The minimum absolute atomic E-state index is 0.00733. The molecule has 0 radical (unpaired) electrons. The summed E-state index contributed by atoms with van der Waals surface area (Å²) in [6.07, 6.45) is 0. The summed E-state index contributed by atoms with van der Waals surface area (Å²) in [6, 6.07) is 38.8. The van der Waals surface area contributed by atoms with Crippen LogP contribution in [0, 0.1) is 13.8 Å². The molecular formula is C40H27Cl3O2S4. The predicted molar refractivity (Wildman–Crippen MR) is 220 cm³/mol. The molecule has 0 unspecified atom stereocenters. The number of benzene rings is 6. The van der Waals surface area contributed by atoms with Gasteiger partial charge in [0.2, 0.25) is 0 Å². The zero-order chi connectivity index (χ0) is 34.7. The van der Waals surface area contributed by atoms with Gasteiger partial charge in [0, 0.05) is 45.6 Å². The molecule has 0 saturated carbocycles. The third-order valence-electron chi connectivity index (χ3n) is 7.57. The van der Waals surface area contributed by atoms with Crippen molar-refractivity contribution < 1.29 is 0 Å². The number of hydrogen-bond donors (Lipinski definition) is 1. The molecule has 2 aromatic heterocycles. The van der Waals surface area contributed by atoms with Crippen LogP contribution in [0.5, 0.6) is 0 Å². The van der Waals surface area contributed by atoms with Gasteiger partial charge in [0.25, 0.3) is 0 Å². The van der Waals surface area contributed by atoms with Gasteiger partial charge in [-0.25, -0.2) is 0 Å². The first-order chi connectivity index (χ1) is 23.6. The second-order valence-corrected chi connectivity index (χ2v) is 16.0. The quantitative estimate of drug-likeness (QED) is 0.140. The largest absolute Gasteiger partial charge is 0.289 e. The van der Waals surface area contributed by atoms with E-state index in [-0.39, 0.29) is 10.9 Å². The van der Waals surface area contributed by atoms with Gasteiger partial charge >= 0.3 is 0 Å². The molecular weight excluding hydrogens is 747 g/mol. The summed E-state index contributed by atoms with van der Waals surface area (Å²) in [6.45, 7) is 4.13. The Morgan fingerprint density at radius 2 is 1.00 bits per heavy atom. The van der Waals surface area contributed by atoms with Gasteiger partial charge in [-0.2, -0.15) is 0 Å². The van der Waals surface area contributed by atoms with Crippen LogP contribution in [0.4, 0.5) is 0 Å². The van der Waals surface area contributed by atoms with Gasteiger partial charge in [-0.1, -0.05) is 106 Å². The average molecular weight is 774 g/mol. The number of halogens is 3. The van der Waals surface area contributed by atoms with E-state index < -0.39 is 0 Å². The summed E-state index contributed by atoms with van der Waals surface area (Å²) in [4.78, 5) is 28.1. The molecule has 6 aromatic carbocycles. The third kappa shape index (κ3) is 8.03. The average Bonchev–Trinajstić information content (AvgIpc) is 3.11. The van der Waals surface area contributed by atoms with Crippen molar-refractivity contribution in [3.05, 3.63) is 168 Å². The highest BCUT2D eigenvalue weighted by Crippen LogP contribution is 2.40. The monoisotopic (exact) mass is 772 g/mol. The van der Waals surface area contributed by atoms with Gasteiger partial charge < -0.3 is 0 Å². The van der Waals surface area contributed by atoms with Gasteiger partial charge in [-0.05, 0) is 86.6 Å². The fourth-order valence-electron chi connectivity index (χ4n) is 4.98. The first kappa shape index (κ1) is 35.5. The summed E-state index contributed by atoms with van der Waals surface area (Å²) in [7, 11) is 0. The number of fused-ring (bicyclic) bond motifs is 4. The summed E-state index contributed by atoms with van der Waals surface area (Å²) in [5.41, 5.74) is 2.57. The Labute approximate surface area is 316 Å². The van der Waals surface area contributed by atoms with E-state index in [2.05, 4.69) is 50.7 Å². The molecule has 0 N–H and O–H groups in total. The van der Waals surface area contributed by atoms with E-state index in [1.165, 1.54) is 22.5 Å². The molecule has 0 amide bonds. The van der Waals surface area contributed by atoms with E-state index in [9.17, 15) is 9.59 Å². The molecule has 0 bridgehead atoms. The van der Waals surface area contributed by atoms with Crippen molar-refractivity contribution in [2.75, 3.05) is 0 Å². The van der Waals surface area contributed by atoms with Crippen LogP contribution in [-0.2, 0) is 0 Å². The number of thiol groups is 1. The fraction of sp³-hybridized carbons (Fsp3) is 0.0500. The Morgan fingerprint density at radius 3 is 1.53 bits per heavy atom. The Balaban J connectivity index is 0.000000144. The Hall–Kier alpha value is -3.33. The smallest absolute Gasteiger partial charge is 0.195 e. The number of aryl methyl sites for hydroxylation is 2. The van der Waals surface area contributed by atoms with Crippen molar-refractivity contribution in [3.63, 3.8) is 0 Å². The van der Waals surface area contributed by atoms with E-state index in [1.807, 2.05) is 84.9 Å². The molecule has 49 heavy (non-hydrogen) atoms. The number of rotatable bonds is 2. The Bertz CT molecular complexity index is 2560. The summed E-state index contributed by atoms with van der Waals surface area (Å²) in [5, 5.41) is 4.39. The van der Waals surface area contributed by atoms with Crippen LogP contribution in [0.1, 0.15) is 11.1 Å². The molecule has 9 heteroatoms. The second kappa shape index (κ2) is 15.7. The lowest BCUT2D eigenvalue weighted by Crippen LogP contribution is -2.01. The van der Waals surface area contributed by atoms with Gasteiger partial charge in [0.05, 0.1) is 24.5 Å². The van der Waals surface area contributed by atoms with Gasteiger partial charge in [-0.15, -0.1) is 35.3 Å². The van der Waals surface area contributed by atoms with Crippen LogP contribution in [-0.4, -0.2) is 0 Å². The van der Waals surface area contributed by atoms with Crippen LogP contribution in [0.15, 0.2) is 146 Å². The Kier molecular flexibility index (Phi) is 11.4. The molecule has 0 spiro atoms. The van der Waals surface area contributed by atoms with Gasteiger partial charge in [-0.3, -0.25) is 9.59 Å². The SMILES string of the molecule is Cc1ccc(S)cc1.Cc1ccc(Sc2ccc3c(=O)c4ccccc4sc3c2Cl)cc1.O=c1c2ccccc2sc2c(Cl)c(Cl)ccc12. The first-order valence-corrected chi connectivity index (χ1v) is 19.1. The minimum Gasteiger partial charge on any atom is -0.289 e. The van der Waals surface area contributed by atoms with Crippen LogP contribution in [0.3, 0.4) is 0 Å². The predicted octanol–water partition coefficient (Wildman–Crippen LogP) is 13.5. The van der Waals surface area contributed by atoms with Crippen molar-refractivity contribution in [2.45, 2.75) is 28.5 Å². The molecule has 244 valence electrons. The maximum Gasteiger partial charge on any atom is 0.195 e. The van der Waals surface area contributed by atoms with Crippen molar-refractivity contribution in [1.82, 2.24) is 0 Å². The molecule has 0 aliphatic carbocycles. The minimum atomic E-state index is 0.00733. The highest BCUT2D eigenvalue weighted by molar-refractivity contribution is 7.99. The fourth-order valence-corrected chi connectivity index (χ4v) is 9.15. The highest BCUT2D eigenvalue weighted by Gasteiger charge is 2.13. The van der Waals surface area contributed by atoms with E-state index in [4.69, 9.17) is 34.8 Å². The van der Waals surface area contributed by atoms with Crippen LogP contribution in [0.25, 0.3) is 40.3 Å². The maximum absolute atomic E-state index is 12.7. The van der Waals surface area contributed by atoms with E-state index in [0.29, 0.717) is 25.8 Å². The maximum atomic E-state index is 12.7. The van der Waals surface area contributed by atoms with Gasteiger partial charge in [0.1, 0.15) is 0 Å². The van der Waals surface area contributed by atoms with Crippen molar-refractivity contribution >= 4 is 122 Å². The van der Waals surface area contributed by atoms with Crippen LogP contribution < -0.4 is 10.9 Å². The lowest BCUT2D eigenvalue weighted by molar-refractivity contribution is 1.37. The first-order valence-electron chi connectivity index (χ1n) is 15.0. The molecule has 0 atom stereocenters. The van der Waals surface area contributed by atoms with E-state index >= 15 is 0 Å². The third-order valence-corrected chi connectivity index (χ3v) is 12.9. The van der Waals surface area contributed by atoms with Crippen molar-refractivity contribution in [3.8, 4) is 0 Å². The molecule has 2 nitrogen and oxygen atoms in total. The summed E-state index contributed by atoms with van der Waals surface area (Å²) < 4.78 is 3.50. The second-order valence-electron chi connectivity index (χ2n) is 11.1. The van der Waals surface area contributed by atoms with Gasteiger partial charge in [0.15, 0.2) is 10.9 Å². The van der Waals surface area contributed by atoms with Crippen LogP contribution >= 0.6 is 81.9 Å². The molecule has 0 aliphatic heterocycles. The van der Waals surface area contributed by atoms with Crippen LogP contribution in [0.2, 0.25) is 15.1 Å². The summed E-state index contributed by atoms with van der Waals surface area (Å²) in [5.74, 6) is 0. The standard InChI is InChI=1S/C20H13ClOS2.C13H6Cl2OS.C7H8S/c1-12-6-8-13(9-7-12)23-17-11-10-15-19(22)14-4-2-3-5-16(14)24-20(15)18(17)21;14-9-6-5-8-12(16)7-3-1-2-4-10(7)17-13(8)11(9)15;1-6-2-4-7(8)5-3-6/h2-11H,1H3;1-6H;2-5,8H,1H3. The zero-order valence-corrected chi connectivity index (χ0v) is 31.8. The molecule has 2 heterocycles. The zero-order valence-electron chi connectivity index (χ0n) is 26.2. The molecule has 0 aliphatic rings. The normalized spacial score (nSPS) is 10.9. The van der Waals surface area contributed by atoms with E-state index in [1.54, 1.807) is 35.2 Å². The number of hydrogen-bond acceptors (Lipinski definition) is 6. The van der Waals surface area contributed by atoms with E-state index in [0.717, 1.165) is 44.3 Å². The summed E-state index contributed by atoms with van der Waals surface area (Å²) >= 11 is 27.6. The van der Waals surface area contributed by atoms with Crippen molar-refractivity contribution in [2.24, 2.45) is 0 Å². The van der Waals surface area contributed by atoms with Crippen molar-refractivity contribution in [1.29, 1.82) is 0 Å². The molecule has 0 fully saturated rings. The molecule has 8 rings (SSSR count). The molecule has 8 aromatic rings. The Morgan fingerprint density at radius 1 is 0.531 bits per heavy atom. The lowest BCUT2D eigenvalue weighted by atomic mass is 10.2. The highest BCUT2D eigenvalue weighted by atomic mass is 35.5. The lowest BCUT2D eigenvalue weighted by Gasteiger charge is -2.08. The topological polar surface area (TPSA) is 34.1 Å².